The van der Waals surface area contributed by atoms with Gasteiger partial charge in [-0.05, 0) is 12.5 Å². The molecule has 2 aliphatic rings. The first-order chi connectivity index (χ1) is 11.9. The molecule has 0 bridgehead atoms. The fourth-order valence-corrected chi connectivity index (χ4v) is 3.74. The van der Waals surface area contributed by atoms with Crippen LogP contribution in [0.1, 0.15) is 29.3 Å². The van der Waals surface area contributed by atoms with Gasteiger partial charge < -0.3 is 10.5 Å². The molecule has 5 nitrogen and oxygen atoms in total. The quantitative estimate of drug-likeness (QED) is 0.840. The molecular weight excluding hydrogens is 333 g/mol. The Morgan fingerprint density at radius 2 is 1.92 bits per heavy atom. The van der Waals surface area contributed by atoms with Crippen molar-refractivity contribution in [1.82, 2.24) is 14.7 Å². The van der Waals surface area contributed by atoms with Crippen LogP contribution in [-0.4, -0.2) is 33.4 Å². The molecule has 1 saturated heterocycles. The van der Waals surface area contributed by atoms with E-state index < -0.39 is 29.6 Å². The molecule has 3 heterocycles. The van der Waals surface area contributed by atoms with Gasteiger partial charge in [0.25, 0.3) is 0 Å². The number of aromatic nitrogens is 2. The highest BCUT2D eigenvalue weighted by Gasteiger charge is 2.37. The normalized spacial score (nSPS) is 26.8. The van der Waals surface area contributed by atoms with Gasteiger partial charge in [0.2, 0.25) is 0 Å². The molecule has 1 aromatic heterocycles. The van der Waals surface area contributed by atoms with E-state index in [-0.39, 0.29) is 11.6 Å². The van der Waals surface area contributed by atoms with Gasteiger partial charge >= 0.3 is 0 Å². The molecule has 0 aliphatic carbocycles. The van der Waals surface area contributed by atoms with E-state index in [2.05, 4.69) is 10.00 Å². The number of fused-ring (bicyclic) bond motifs is 1. The monoisotopic (exact) mass is 352 g/mol. The molecule has 2 N–H and O–H groups in total. The number of hydrogen-bond donors (Lipinski definition) is 1. The highest BCUT2D eigenvalue weighted by Crippen LogP contribution is 2.34. The van der Waals surface area contributed by atoms with Crippen LogP contribution in [0.4, 0.5) is 13.2 Å². The average molecular weight is 352 g/mol. The lowest BCUT2D eigenvalue weighted by atomic mass is 9.93. The molecule has 2 aliphatic heterocycles. The van der Waals surface area contributed by atoms with Gasteiger partial charge in [-0.25, -0.2) is 13.2 Å². The van der Waals surface area contributed by atoms with Crippen molar-refractivity contribution in [3.8, 4) is 0 Å². The first-order valence-corrected chi connectivity index (χ1v) is 8.19. The fraction of sp³-hybridized carbons (Fsp3) is 0.471. The number of ether oxygens (including phenoxy) is 1. The number of benzene rings is 1. The molecule has 25 heavy (non-hydrogen) atoms. The Labute approximate surface area is 143 Å². The average Bonchev–Trinajstić information content (AvgIpc) is 3.14. The molecule has 0 radical (unpaired) electrons. The van der Waals surface area contributed by atoms with Crippen LogP contribution >= 0.6 is 0 Å². The highest BCUT2D eigenvalue weighted by molar-refractivity contribution is 5.25. The van der Waals surface area contributed by atoms with Gasteiger partial charge in [0.05, 0.1) is 18.5 Å². The van der Waals surface area contributed by atoms with E-state index >= 15 is 0 Å². The summed E-state index contributed by atoms with van der Waals surface area (Å²) in [6.07, 6.45) is 1.67. The number of nitrogens with zero attached hydrogens (tertiary/aromatic N) is 3. The lowest BCUT2D eigenvalue weighted by molar-refractivity contribution is -0.0534. The molecule has 4 rings (SSSR count). The molecule has 0 spiro atoms. The second-order valence-corrected chi connectivity index (χ2v) is 6.74. The molecule has 1 aromatic carbocycles. The van der Waals surface area contributed by atoms with Crippen LogP contribution in [0, 0.1) is 17.5 Å². The Hall–Kier alpha value is -1.90. The Kier molecular flexibility index (Phi) is 4.05. The topological polar surface area (TPSA) is 56.3 Å². The van der Waals surface area contributed by atoms with Crippen LogP contribution in [0.25, 0.3) is 0 Å². The summed E-state index contributed by atoms with van der Waals surface area (Å²) in [6, 6.07) is 0.969. The summed E-state index contributed by atoms with van der Waals surface area (Å²) in [5.74, 6) is -3.15. The molecule has 0 unspecified atom stereocenters. The first kappa shape index (κ1) is 16.6. The summed E-state index contributed by atoms with van der Waals surface area (Å²) >= 11 is 0. The largest absolute Gasteiger partial charge is 0.370 e. The van der Waals surface area contributed by atoms with E-state index in [9.17, 15) is 13.2 Å². The number of nitrogens with two attached hydrogens (primary N) is 1. The van der Waals surface area contributed by atoms with Crippen molar-refractivity contribution in [3.63, 3.8) is 0 Å². The predicted octanol–water partition coefficient (Wildman–Crippen LogP) is 2.01. The molecule has 134 valence electrons. The third-order valence-electron chi connectivity index (χ3n) is 5.14. The molecule has 3 atom stereocenters. The zero-order valence-electron chi connectivity index (χ0n) is 13.8. The summed E-state index contributed by atoms with van der Waals surface area (Å²) in [6.45, 7) is 1.89. The van der Waals surface area contributed by atoms with Gasteiger partial charge in [-0.3, -0.25) is 9.58 Å². The zero-order valence-corrected chi connectivity index (χ0v) is 13.8. The summed E-state index contributed by atoms with van der Waals surface area (Å²) in [4.78, 5) is 2.25. The van der Waals surface area contributed by atoms with E-state index in [1.54, 1.807) is 0 Å². The maximum absolute atomic E-state index is 14.0. The summed E-state index contributed by atoms with van der Waals surface area (Å²) < 4.78 is 48.2. The Balaban J connectivity index is 1.47. The van der Waals surface area contributed by atoms with Crippen molar-refractivity contribution in [1.29, 1.82) is 0 Å². The van der Waals surface area contributed by atoms with Gasteiger partial charge in [-0.15, -0.1) is 0 Å². The van der Waals surface area contributed by atoms with Crippen LogP contribution in [0.3, 0.4) is 0 Å². The highest BCUT2D eigenvalue weighted by atomic mass is 19.2. The molecule has 0 amide bonds. The minimum Gasteiger partial charge on any atom is -0.370 e. The van der Waals surface area contributed by atoms with Gasteiger partial charge in [0.1, 0.15) is 11.9 Å². The van der Waals surface area contributed by atoms with Crippen molar-refractivity contribution in [2.24, 2.45) is 12.8 Å². The van der Waals surface area contributed by atoms with Crippen LogP contribution in [0.15, 0.2) is 18.3 Å². The van der Waals surface area contributed by atoms with Crippen molar-refractivity contribution in [2.75, 3.05) is 6.61 Å². The lowest BCUT2D eigenvalue weighted by Gasteiger charge is -2.38. The second kappa shape index (κ2) is 6.12. The molecular formula is C17H19F3N4O. The number of halogens is 3. The van der Waals surface area contributed by atoms with Crippen LogP contribution in [-0.2, 0) is 24.9 Å². The maximum atomic E-state index is 14.0. The number of aryl methyl sites for hydroxylation is 1. The standard InChI is InChI=1S/C17H19F3N4O/c1-23-16-7-24(6-9(16)5-22-23)10-2-15(21)17(25-8-10)11-3-13(19)14(20)4-12(11)18/h3-5,10,15,17H,2,6-8,21H2,1H3/t10-,15-,17+/m0/s1. The van der Waals surface area contributed by atoms with Gasteiger partial charge in [0.15, 0.2) is 11.6 Å². The van der Waals surface area contributed by atoms with Crippen molar-refractivity contribution in [2.45, 2.75) is 37.7 Å². The van der Waals surface area contributed by atoms with Gasteiger partial charge in [-0.1, -0.05) is 0 Å². The molecule has 0 saturated carbocycles. The summed E-state index contributed by atoms with van der Waals surface area (Å²) in [5, 5.41) is 4.24. The fourth-order valence-electron chi connectivity index (χ4n) is 3.74. The minimum atomic E-state index is -1.22. The smallest absolute Gasteiger partial charge is 0.161 e. The SMILES string of the molecule is Cn1ncc2c1CN([C@@H]1CO[C@H](c3cc(F)c(F)cc3F)[C@@H](N)C1)C2. The van der Waals surface area contributed by atoms with E-state index in [1.165, 1.54) is 11.3 Å². The predicted molar refractivity (Wildman–Crippen MR) is 83.8 cm³/mol. The van der Waals surface area contributed by atoms with E-state index in [4.69, 9.17) is 10.5 Å². The van der Waals surface area contributed by atoms with Crippen molar-refractivity contribution in [3.05, 3.63) is 52.6 Å². The third kappa shape index (κ3) is 2.84. The zero-order chi connectivity index (χ0) is 17.7. The number of hydrogen-bond acceptors (Lipinski definition) is 4. The van der Waals surface area contributed by atoms with Crippen LogP contribution in [0.5, 0.6) is 0 Å². The Morgan fingerprint density at radius 1 is 1.16 bits per heavy atom. The van der Waals surface area contributed by atoms with Crippen LogP contribution in [0.2, 0.25) is 0 Å². The molecule has 2 aromatic rings. The van der Waals surface area contributed by atoms with E-state index in [0.717, 1.165) is 19.2 Å². The summed E-state index contributed by atoms with van der Waals surface area (Å²) in [7, 11) is 1.91. The van der Waals surface area contributed by atoms with Gasteiger partial charge in [-0.2, -0.15) is 5.10 Å². The lowest BCUT2D eigenvalue weighted by Crippen LogP contribution is -2.47. The summed E-state index contributed by atoms with van der Waals surface area (Å²) in [5.41, 5.74) is 8.51. The second-order valence-electron chi connectivity index (χ2n) is 6.74. The van der Waals surface area contributed by atoms with E-state index in [1.807, 2.05) is 17.9 Å². The Morgan fingerprint density at radius 3 is 2.64 bits per heavy atom. The molecule has 1 fully saturated rings. The Bertz CT molecular complexity index is 809. The van der Waals surface area contributed by atoms with Gasteiger partial charge in [0, 0.05) is 49.4 Å². The van der Waals surface area contributed by atoms with E-state index in [0.29, 0.717) is 19.1 Å². The minimum absolute atomic E-state index is 0.0289. The van der Waals surface area contributed by atoms with Crippen molar-refractivity contribution >= 4 is 0 Å². The first-order valence-electron chi connectivity index (χ1n) is 8.19. The molecule has 8 heteroatoms. The van der Waals surface area contributed by atoms with Crippen molar-refractivity contribution < 1.29 is 17.9 Å². The van der Waals surface area contributed by atoms with Crippen LogP contribution < -0.4 is 5.73 Å². The number of rotatable bonds is 2. The maximum Gasteiger partial charge on any atom is 0.161 e. The third-order valence-corrected chi connectivity index (χ3v) is 5.14.